The number of carbonyl (C=O) groups excluding carboxylic acids is 1. The maximum atomic E-state index is 15.5. The lowest BCUT2D eigenvalue weighted by molar-refractivity contribution is -0.429. The summed E-state index contributed by atoms with van der Waals surface area (Å²) in [6.07, 6.45) is 10.3. The molecule has 16 atom stereocenters. The molecular formula is C68H70N4O13. The minimum absolute atomic E-state index is 0.0522. The molecule has 7 aliphatic carbocycles. The quantitative estimate of drug-likeness (QED) is 0.0411. The van der Waals surface area contributed by atoms with Gasteiger partial charge in [-0.05, 0) is 142 Å². The molecule has 14 aliphatic rings. The van der Waals surface area contributed by atoms with Crippen LogP contribution < -0.4 is 20.8 Å². The Morgan fingerprint density at radius 1 is 0.988 bits per heavy atom. The number of amides is 1. The molecule has 3 fully saturated rings. The standard InChI is InChI=1S/C68H70N4O13/c1-4-50-44-27-48-34-12-17-64(18-13-34)32-65-19-14-38(64)7-5-6-35-24-46-57(69-3)42-16-21-66(67(81,62(79)59(78)53(77)31-73)28-36-8-11-51(75)40-10-9-39(74)26-43(36)40)20-15-41(42)56(55(35)47(65)29-70-63(65)80)68(46)54(84-85-66)25-37-23-45-52(76)22-33(2)82-61(45)58(60(37)83-68)72(50)30-49(44)71-48/h8-12,16-17,21-24,26-27,30,34,38,46-47,53-57,59,62,69,71,73-75,77-79,81H,4,7,13-15,18-20,25,28-29,31-32H2,1-3H3,(H,70,80). The van der Waals surface area contributed by atoms with Crippen LogP contribution in [0.3, 0.4) is 0 Å². The number of aromatic hydroxyl groups is 2. The van der Waals surface area contributed by atoms with E-state index in [0.717, 1.165) is 58.3 Å². The first kappa shape index (κ1) is 53.5. The molecule has 7 aliphatic heterocycles. The minimum Gasteiger partial charge on any atom is -0.508 e. The number of phenolic OH excluding ortho intramolecular Hbond substituents is 2. The number of hydrogen-bond donors (Lipinski definition) is 10. The predicted molar refractivity (Wildman–Crippen MR) is 314 cm³/mol. The van der Waals surface area contributed by atoms with Crippen molar-refractivity contribution in [1.82, 2.24) is 20.2 Å². The smallest absolute Gasteiger partial charge is 0.226 e. The first-order valence-electron chi connectivity index (χ1n) is 30.4. The second kappa shape index (κ2) is 18.5. The number of H-pyrrole nitrogens is 1. The van der Waals surface area contributed by atoms with Crippen LogP contribution in [0.1, 0.15) is 92.5 Å². The van der Waals surface area contributed by atoms with Crippen LogP contribution in [-0.4, -0.2) is 119 Å². The molecule has 1 saturated carbocycles. The number of benzene rings is 3. The highest BCUT2D eigenvalue weighted by Crippen LogP contribution is 2.68. The van der Waals surface area contributed by atoms with Gasteiger partial charge in [-0.25, -0.2) is 9.78 Å². The van der Waals surface area contributed by atoms with Crippen LogP contribution in [0.5, 0.6) is 17.2 Å². The Labute approximate surface area is 489 Å². The topological polar surface area (TPSA) is 261 Å². The first-order valence-corrected chi connectivity index (χ1v) is 30.4. The number of allylic oxidation sites excluding steroid dienone is 3. The number of carbonyl (C=O) groups is 1. The Bertz CT molecular complexity index is 4160. The van der Waals surface area contributed by atoms with Crippen molar-refractivity contribution in [2.75, 3.05) is 20.2 Å². The monoisotopic (exact) mass is 1150 g/mol. The molecule has 6 aromatic rings. The van der Waals surface area contributed by atoms with Crippen LogP contribution in [0.15, 0.2) is 111 Å². The SMILES string of the molecule is CCc1c2cc3[nH]c2cn1-c1c2c(cc4c(=O)cc(C)oc14)CC1OOC4(C(O)(Cc5ccc(O)c6ccc(O)cc56)C(O)C(O)C(O)CO)C=CC5=C(CC4)C4C6C(=CC(C5NC)C14O2)C#CCC1CCC2(CC14C=CC3CC4)C(=O)NCC62. The molecule has 3 spiro atoms. The lowest BCUT2D eigenvalue weighted by atomic mass is 9.44. The molecule has 20 rings (SSSR count). The van der Waals surface area contributed by atoms with Gasteiger partial charge in [-0.1, -0.05) is 54.7 Å². The third kappa shape index (κ3) is 7.10. The van der Waals surface area contributed by atoms with E-state index in [1.54, 1.807) is 25.1 Å². The average molecular weight is 1150 g/mol. The Morgan fingerprint density at radius 3 is 2.65 bits per heavy atom. The fourth-order valence-electron chi connectivity index (χ4n) is 18.7. The highest BCUT2D eigenvalue weighted by molar-refractivity contribution is 5.94. The van der Waals surface area contributed by atoms with Crippen LogP contribution in [0.4, 0.5) is 0 Å². The van der Waals surface area contributed by atoms with Crippen molar-refractivity contribution in [2.45, 2.75) is 138 Å². The van der Waals surface area contributed by atoms with Gasteiger partial charge in [0.05, 0.1) is 22.9 Å². The van der Waals surface area contributed by atoms with E-state index >= 15 is 4.79 Å². The molecule has 10 N–H and O–H groups in total. The Morgan fingerprint density at radius 2 is 1.85 bits per heavy atom. The molecule has 16 unspecified atom stereocenters. The zero-order valence-corrected chi connectivity index (χ0v) is 47.7. The number of aliphatic hydroxyl groups excluding tert-OH is 4. The highest BCUT2D eigenvalue weighted by atomic mass is 17.2. The number of aliphatic hydroxyl groups is 5. The van der Waals surface area contributed by atoms with Crippen LogP contribution in [-0.2, 0) is 33.8 Å². The molecule has 15 bridgehead atoms. The van der Waals surface area contributed by atoms with E-state index in [1.165, 1.54) is 24.3 Å². The van der Waals surface area contributed by atoms with Gasteiger partial charge in [0.15, 0.2) is 28.0 Å². The van der Waals surface area contributed by atoms with Crippen molar-refractivity contribution >= 4 is 38.6 Å². The summed E-state index contributed by atoms with van der Waals surface area (Å²) in [6, 6.07) is 12.5. The maximum Gasteiger partial charge on any atom is 0.226 e. The van der Waals surface area contributed by atoms with Gasteiger partial charge in [-0.2, -0.15) is 0 Å². The second-order valence-electron chi connectivity index (χ2n) is 26.5. The number of aromatic nitrogens is 2. The van der Waals surface area contributed by atoms with E-state index in [4.69, 9.17) is 18.9 Å². The lowest BCUT2D eigenvalue weighted by Crippen LogP contribution is -2.72. The third-order valence-electron chi connectivity index (χ3n) is 22.8. The third-order valence-corrected chi connectivity index (χ3v) is 22.8. The van der Waals surface area contributed by atoms with E-state index in [-0.39, 0.29) is 65.3 Å². The number of nitrogens with one attached hydrogen (secondary N) is 3. The maximum absolute atomic E-state index is 15.5. The van der Waals surface area contributed by atoms with Crippen LogP contribution >= 0.6 is 0 Å². The molecule has 17 heteroatoms. The number of likely N-dealkylation sites (N-methyl/N-ethyl adjacent to an activating group) is 1. The van der Waals surface area contributed by atoms with Gasteiger partial charge in [-0.15, -0.1) is 0 Å². The predicted octanol–water partition coefficient (Wildman–Crippen LogP) is 6.70. The summed E-state index contributed by atoms with van der Waals surface area (Å²) in [5.74, 6) is 6.82. The highest BCUT2D eigenvalue weighted by Gasteiger charge is 2.72. The summed E-state index contributed by atoms with van der Waals surface area (Å²) in [5, 5.41) is 91.7. The van der Waals surface area contributed by atoms with Gasteiger partial charge in [0, 0.05) is 101 Å². The van der Waals surface area contributed by atoms with Gasteiger partial charge < -0.3 is 65.1 Å². The van der Waals surface area contributed by atoms with Gasteiger partial charge in [0.25, 0.3) is 0 Å². The molecule has 440 valence electrons. The number of aromatic amines is 1. The number of nitrogens with zero attached hydrogens (tertiary/aromatic N) is 1. The fraction of sp³-hybridized carbons (Fsp3) is 0.471. The summed E-state index contributed by atoms with van der Waals surface area (Å²) in [4.78, 5) is 48.3. The molecule has 2 saturated heterocycles. The largest absolute Gasteiger partial charge is 0.508 e. The number of phenols is 2. The van der Waals surface area contributed by atoms with E-state index in [2.05, 4.69) is 69.4 Å². The molecule has 85 heavy (non-hydrogen) atoms. The molecule has 3 aromatic heterocycles. The average Bonchev–Trinajstić information content (AvgIpc) is 1.65. The molecular weight excluding hydrogens is 1080 g/mol. The van der Waals surface area contributed by atoms with Crippen LogP contribution in [0.2, 0.25) is 0 Å². The van der Waals surface area contributed by atoms with Crippen LogP contribution in [0, 0.1) is 59.2 Å². The first-order chi connectivity index (χ1) is 41.0. The van der Waals surface area contributed by atoms with E-state index in [9.17, 15) is 40.5 Å². The van der Waals surface area contributed by atoms with Gasteiger partial charge >= 0.3 is 0 Å². The van der Waals surface area contributed by atoms with Crippen molar-refractivity contribution in [3.8, 4) is 34.8 Å². The van der Waals surface area contributed by atoms with Gasteiger partial charge in [0.2, 0.25) is 5.91 Å². The summed E-state index contributed by atoms with van der Waals surface area (Å²) in [6.45, 7) is 3.34. The van der Waals surface area contributed by atoms with Crippen molar-refractivity contribution in [3.63, 3.8) is 0 Å². The molecule has 10 heterocycles. The zero-order valence-electron chi connectivity index (χ0n) is 47.7. The van der Waals surface area contributed by atoms with Gasteiger partial charge in [-0.3, -0.25) is 9.59 Å². The Hall–Kier alpha value is -6.98. The lowest BCUT2D eigenvalue weighted by Gasteiger charge is -2.63. The molecule has 0 radical (unpaired) electrons. The number of rotatable bonds is 9. The Balaban J connectivity index is 0.992. The van der Waals surface area contributed by atoms with Crippen molar-refractivity contribution < 1.29 is 59.5 Å². The van der Waals surface area contributed by atoms with Crippen molar-refractivity contribution in [3.05, 3.63) is 140 Å². The number of ether oxygens (including phenoxy) is 1. The van der Waals surface area contributed by atoms with Gasteiger partial charge in [0.1, 0.15) is 53.0 Å². The summed E-state index contributed by atoms with van der Waals surface area (Å²) in [5.41, 5.74) is 0.147. The minimum atomic E-state index is -2.65. The zero-order chi connectivity index (χ0) is 58.4. The summed E-state index contributed by atoms with van der Waals surface area (Å²) >= 11 is 0. The molecule has 3 aromatic carbocycles. The normalized spacial score (nSPS) is 34.4. The number of fused-ring (bicyclic) bond motifs is 6. The van der Waals surface area contributed by atoms with E-state index in [1.807, 2.05) is 19.2 Å². The Kier molecular flexibility index (Phi) is 11.7. The summed E-state index contributed by atoms with van der Waals surface area (Å²) in [7, 11) is 1.91. The van der Waals surface area contributed by atoms with Crippen molar-refractivity contribution in [2.24, 2.45) is 40.4 Å². The van der Waals surface area contributed by atoms with E-state index < -0.39 is 83.5 Å². The fourth-order valence-corrected chi connectivity index (χ4v) is 18.7. The van der Waals surface area contributed by atoms with Crippen molar-refractivity contribution in [1.29, 1.82) is 0 Å². The molecule has 1 amide bonds. The molecule has 17 nitrogen and oxygen atoms in total. The summed E-state index contributed by atoms with van der Waals surface area (Å²) < 4.78 is 17.3. The number of hydrogen-bond acceptors (Lipinski definition) is 14. The van der Waals surface area contributed by atoms with Crippen LogP contribution in [0.25, 0.3) is 38.3 Å². The second-order valence-corrected chi connectivity index (χ2v) is 26.5. The van der Waals surface area contributed by atoms with E-state index in [0.29, 0.717) is 82.3 Å². The number of aryl methyl sites for hydroxylation is 2.